The third-order valence-electron chi connectivity index (χ3n) is 1.95. The summed E-state index contributed by atoms with van der Waals surface area (Å²) in [5.74, 6) is 1.01. The van der Waals surface area contributed by atoms with Crippen molar-refractivity contribution in [2.24, 2.45) is 0 Å². The number of carbonyl (C=O) groups excluding carboxylic acids is 1. The molecular formula is C12H13ClO3. The van der Waals surface area contributed by atoms with Crippen molar-refractivity contribution in [3.8, 4) is 11.5 Å². The summed E-state index contributed by atoms with van der Waals surface area (Å²) in [7, 11) is 1.55. The Morgan fingerprint density at radius 1 is 1.50 bits per heavy atom. The van der Waals surface area contributed by atoms with Crippen LogP contribution in [0.25, 0.3) is 0 Å². The third kappa shape index (κ3) is 3.28. The molecule has 0 aliphatic carbocycles. The van der Waals surface area contributed by atoms with Gasteiger partial charge in [-0.2, -0.15) is 0 Å². The van der Waals surface area contributed by atoms with E-state index in [9.17, 15) is 4.79 Å². The second kappa shape index (κ2) is 5.56. The van der Waals surface area contributed by atoms with Crippen LogP contribution in [0, 0.1) is 0 Å². The first-order chi connectivity index (χ1) is 7.54. The van der Waals surface area contributed by atoms with Crippen LogP contribution < -0.4 is 9.47 Å². The minimum absolute atomic E-state index is 0.0714. The number of carbonyl (C=O) groups is 1. The number of hydrogen-bond donors (Lipinski definition) is 0. The predicted octanol–water partition coefficient (Wildman–Crippen LogP) is 3.03. The minimum Gasteiger partial charge on any atom is -0.497 e. The van der Waals surface area contributed by atoms with Crippen molar-refractivity contribution in [1.82, 2.24) is 0 Å². The number of benzene rings is 1. The van der Waals surface area contributed by atoms with Crippen molar-refractivity contribution in [3.63, 3.8) is 0 Å². The Morgan fingerprint density at radius 3 is 2.69 bits per heavy atom. The van der Waals surface area contributed by atoms with Crippen molar-refractivity contribution in [1.29, 1.82) is 0 Å². The molecule has 0 aromatic heterocycles. The first-order valence-electron chi connectivity index (χ1n) is 4.69. The first kappa shape index (κ1) is 12.6. The average Bonchev–Trinajstić information content (AvgIpc) is 2.25. The SMILES string of the molecule is C=C(Cl)COc1cc(OC)ccc1C(C)=O. The fourth-order valence-corrected chi connectivity index (χ4v) is 1.25. The lowest BCUT2D eigenvalue weighted by molar-refractivity contribution is 0.101. The largest absolute Gasteiger partial charge is 0.497 e. The maximum Gasteiger partial charge on any atom is 0.163 e. The van der Waals surface area contributed by atoms with Gasteiger partial charge in [-0.1, -0.05) is 18.2 Å². The smallest absolute Gasteiger partial charge is 0.163 e. The Bertz CT molecular complexity index is 413. The number of Topliss-reactive ketones (excluding diaryl/α,β-unsaturated/α-hetero) is 1. The Morgan fingerprint density at radius 2 is 2.19 bits per heavy atom. The van der Waals surface area contributed by atoms with Crippen LogP contribution in [0.3, 0.4) is 0 Å². The number of ketones is 1. The molecule has 1 rings (SSSR count). The molecule has 0 spiro atoms. The monoisotopic (exact) mass is 240 g/mol. The summed E-state index contributed by atoms with van der Waals surface area (Å²) in [6.07, 6.45) is 0. The van der Waals surface area contributed by atoms with Gasteiger partial charge >= 0.3 is 0 Å². The summed E-state index contributed by atoms with van der Waals surface area (Å²) in [4.78, 5) is 11.3. The van der Waals surface area contributed by atoms with Crippen LogP contribution in [-0.2, 0) is 0 Å². The van der Waals surface area contributed by atoms with Gasteiger partial charge in [-0.15, -0.1) is 0 Å². The second-order valence-electron chi connectivity index (χ2n) is 3.22. The van der Waals surface area contributed by atoms with Crippen molar-refractivity contribution >= 4 is 17.4 Å². The summed E-state index contributed by atoms with van der Waals surface area (Å²) in [6, 6.07) is 5.02. The van der Waals surface area contributed by atoms with E-state index in [0.29, 0.717) is 22.1 Å². The van der Waals surface area contributed by atoms with Gasteiger partial charge in [0.15, 0.2) is 5.78 Å². The lowest BCUT2D eigenvalue weighted by atomic mass is 10.1. The van der Waals surface area contributed by atoms with E-state index >= 15 is 0 Å². The Labute approximate surface area is 99.6 Å². The standard InChI is InChI=1S/C12H13ClO3/c1-8(13)7-16-12-6-10(15-3)4-5-11(12)9(2)14/h4-6H,1,7H2,2-3H3. The highest BCUT2D eigenvalue weighted by molar-refractivity contribution is 6.29. The molecule has 0 radical (unpaired) electrons. The molecular weight excluding hydrogens is 228 g/mol. The molecule has 1 aromatic carbocycles. The normalized spacial score (nSPS) is 9.69. The summed E-state index contributed by atoms with van der Waals surface area (Å²) in [6.45, 7) is 5.15. The van der Waals surface area contributed by atoms with Gasteiger partial charge in [-0.05, 0) is 19.1 Å². The molecule has 3 nitrogen and oxygen atoms in total. The maximum absolute atomic E-state index is 11.3. The molecule has 4 heteroatoms. The predicted molar refractivity (Wildman–Crippen MR) is 63.5 cm³/mol. The van der Waals surface area contributed by atoms with Crippen LogP contribution in [0.2, 0.25) is 0 Å². The quantitative estimate of drug-likeness (QED) is 0.742. The number of methoxy groups -OCH3 is 1. The summed E-state index contributed by atoms with van der Waals surface area (Å²) < 4.78 is 10.4. The highest BCUT2D eigenvalue weighted by atomic mass is 35.5. The van der Waals surface area contributed by atoms with Crippen LogP contribution >= 0.6 is 11.6 Å². The molecule has 0 aliphatic heterocycles. The lowest BCUT2D eigenvalue weighted by Crippen LogP contribution is -2.03. The molecule has 0 aliphatic rings. The second-order valence-corrected chi connectivity index (χ2v) is 3.76. The van der Waals surface area contributed by atoms with Gasteiger partial charge in [0, 0.05) is 11.1 Å². The third-order valence-corrected chi connectivity index (χ3v) is 2.06. The zero-order valence-electron chi connectivity index (χ0n) is 9.25. The van der Waals surface area contributed by atoms with Crippen LogP contribution in [0.1, 0.15) is 17.3 Å². The Kier molecular flexibility index (Phi) is 4.38. The van der Waals surface area contributed by atoms with Gasteiger partial charge in [0.2, 0.25) is 0 Å². The fraction of sp³-hybridized carbons (Fsp3) is 0.250. The van der Waals surface area contributed by atoms with Crippen molar-refractivity contribution in [2.45, 2.75) is 6.92 Å². The molecule has 0 fully saturated rings. The minimum atomic E-state index is -0.0714. The van der Waals surface area contributed by atoms with Crippen molar-refractivity contribution in [3.05, 3.63) is 35.4 Å². The Balaban J connectivity index is 3.00. The summed E-state index contributed by atoms with van der Waals surface area (Å²) in [5, 5.41) is 0.373. The molecule has 0 saturated carbocycles. The first-order valence-corrected chi connectivity index (χ1v) is 5.07. The molecule has 0 heterocycles. The van der Waals surface area contributed by atoms with Crippen LogP contribution in [0.15, 0.2) is 29.8 Å². The lowest BCUT2D eigenvalue weighted by Gasteiger charge is -2.10. The molecule has 0 saturated heterocycles. The molecule has 16 heavy (non-hydrogen) atoms. The number of ether oxygens (including phenoxy) is 2. The van der Waals surface area contributed by atoms with Crippen molar-refractivity contribution in [2.75, 3.05) is 13.7 Å². The number of hydrogen-bond acceptors (Lipinski definition) is 3. The van der Waals surface area contributed by atoms with E-state index in [-0.39, 0.29) is 12.4 Å². The van der Waals surface area contributed by atoms with Crippen LogP contribution in [0.5, 0.6) is 11.5 Å². The Hall–Kier alpha value is -1.48. The molecule has 0 bridgehead atoms. The molecule has 0 amide bonds. The van der Waals surface area contributed by atoms with E-state index in [1.807, 2.05) is 0 Å². The van der Waals surface area contributed by atoms with E-state index in [1.54, 1.807) is 25.3 Å². The van der Waals surface area contributed by atoms with Crippen molar-refractivity contribution < 1.29 is 14.3 Å². The van der Waals surface area contributed by atoms with E-state index in [4.69, 9.17) is 21.1 Å². The van der Waals surface area contributed by atoms with Crippen LogP contribution in [-0.4, -0.2) is 19.5 Å². The van der Waals surface area contributed by atoms with E-state index in [2.05, 4.69) is 6.58 Å². The van der Waals surface area contributed by atoms with E-state index < -0.39 is 0 Å². The summed E-state index contributed by atoms with van der Waals surface area (Å²) in [5.41, 5.74) is 0.499. The highest BCUT2D eigenvalue weighted by Gasteiger charge is 2.10. The zero-order chi connectivity index (χ0) is 12.1. The van der Waals surface area contributed by atoms with E-state index in [0.717, 1.165) is 0 Å². The summed E-state index contributed by atoms with van der Waals surface area (Å²) >= 11 is 5.60. The average molecular weight is 241 g/mol. The zero-order valence-corrected chi connectivity index (χ0v) is 10.0. The molecule has 1 aromatic rings. The van der Waals surface area contributed by atoms with E-state index in [1.165, 1.54) is 6.92 Å². The van der Waals surface area contributed by atoms with Gasteiger partial charge in [0.1, 0.15) is 18.1 Å². The van der Waals surface area contributed by atoms with Crippen LogP contribution in [0.4, 0.5) is 0 Å². The number of halogens is 1. The van der Waals surface area contributed by atoms with Gasteiger partial charge < -0.3 is 9.47 Å². The molecule has 86 valence electrons. The fourth-order valence-electron chi connectivity index (χ4n) is 1.20. The maximum atomic E-state index is 11.3. The highest BCUT2D eigenvalue weighted by Crippen LogP contribution is 2.25. The number of rotatable bonds is 5. The topological polar surface area (TPSA) is 35.5 Å². The van der Waals surface area contributed by atoms with Gasteiger partial charge in [0.25, 0.3) is 0 Å². The van der Waals surface area contributed by atoms with Gasteiger partial charge in [0.05, 0.1) is 12.7 Å². The van der Waals surface area contributed by atoms with Gasteiger partial charge in [-0.3, -0.25) is 4.79 Å². The molecule has 0 N–H and O–H groups in total. The molecule has 0 unspecified atom stereocenters. The van der Waals surface area contributed by atoms with Gasteiger partial charge in [-0.25, -0.2) is 0 Å². The molecule has 0 atom stereocenters.